The van der Waals surface area contributed by atoms with Gasteiger partial charge in [0.1, 0.15) is 17.2 Å². The van der Waals surface area contributed by atoms with Crippen molar-refractivity contribution in [2.24, 2.45) is 0 Å². The van der Waals surface area contributed by atoms with Crippen molar-refractivity contribution in [1.29, 1.82) is 0 Å². The number of rotatable bonds is 3. The molecule has 0 aliphatic rings. The minimum atomic E-state index is 0.540. The van der Waals surface area contributed by atoms with Crippen LogP contribution in [-0.4, -0.2) is 23.9 Å². The van der Waals surface area contributed by atoms with Crippen LogP contribution in [0.2, 0.25) is 0 Å². The lowest BCUT2D eigenvalue weighted by molar-refractivity contribution is 0.466. The monoisotopic (exact) mass is 477 g/mol. The van der Waals surface area contributed by atoms with E-state index in [1.54, 1.807) is 0 Å². The van der Waals surface area contributed by atoms with Gasteiger partial charge < -0.3 is 4.74 Å². The van der Waals surface area contributed by atoms with Gasteiger partial charge in [0.05, 0.1) is 22.1 Å². The average molecular weight is 478 g/mol. The molecule has 0 fully saturated rings. The summed E-state index contributed by atoms with van der Waals surface area (Å²) < 4.78 is 10.6. The molecular formula is C31H19N5O. The highest BCUT2D eigenvalue weighted by Gasteiger charge is 2.15. The van der Waals surface area contributed by atoms with Crippen molar-refractivity contribution in [2.45, 2.75) is 0 Å². The largest absolute Gasteiger partial charge is 0.439 e. The number of fused-ring (bicyclic) bond motifs is 9. The predicted molar refractivity (Wildman–Crippen MR) is 147 cm³/mol. The molecule has 0 saturated carbocycles. The van der Waals surface area contributed by atoms with Gasteiger partial charge in [0, 0.05) is 52.3 Å². The van der Waals surface area contributed by atoms with Crippen LogP contribution in [0.25, 0.3) is 55.1 Å². The maximum atomic E-state index is 6.35. The van der Waals surface area contributed by atoms with Crippen LogP contribution in [-0.2, 0) is 0 Å². The van der Waals surface area contributed by atoms with E-state index in [2.05, 4.69) is 73.5 Å². The summed E-state index contributed by atoms with van der Waals surface area (Å²) in [4.78, 5) is 14.2. The van der Waals surface area contributed by atoms with Gasteiger partial charge in [-0.1, -0.05) is 24.3 Å². The number of benzene rings is 2. The van der Waals surface area contributed by atoms with Crippen LogP contribution in [0.4, 0.5) is 0 Å². The van der Waals surface area contributed by atoms with Gasteiger partial charge in [-0.3, -0.25) is 8.97 Å². The summed E-state index contributed by atoms with van der Waals surface area (Å²) in [6.07, 6.45) is 5.65. The summed E-state index contributed by atoms with van der Waals surface area (Å²) in [7, 11) is 0. The van der Waals surface area contributed by atoms with Crippen molar-refractivity contribution in [3.8, 4) is 17.4 Å². The molecule has 0 saturated heterocycles. The Labute approximate surface area is 211 Å². The third-order valence-corrected chi connectivity index (χ3v) is 6.91. The van der Waals surface area contributed by atoms with Crippen molar-refractivity contribution in [3.05, 3.63) is 116 Å². The molecule has 0 N–H and O–H groups in total. The SMILES string of the molecule is c1ccc(-n2c3ccccc3c3ccc(Oc4ccc5c6cccnc6n6cccc6c5n4)cc32)nc1. The van der Waals surface area contributed by atoms with Gasteiger partial charge in [-0.25, -0.2) is 15.0 Å². The van der Waals surface area contributed by atoms with Crippen LogP contribution in [0.3, 0.4) is 0 Å². The zero-order valence-corrected chi connectivity index (χ0v) is 19.6. The summed E-state index contributed by atoms with van der Waals surface area (Å²) >= 11 is 0. The van der Waals surface area contributed by atoms with Crippen LogP contribution < -0.4 is 4.74 Å². The number of aromatic nitrogens is 5. The Morgan fingerprint density at radius 3 is 2.35 bits per heavy atom. The molecule has 6 aromatic heterocycles. The molecule has 37 heavy (non-hydrogen) atoms. The van der Waals surface area contributed by atoms with E-state index in [9.17, 15) is 0 Å². The molecular weight excluding hydrogens is 458 g/mol. The Balaban J connectivity index is 1.30. The lowest BCUT2D eigenvalue weighted by Gasteiger charge is -2.11. The zero-order chi connectivity index (χ0) is 24.3. The van der Waals surface area contributed by atoms with Gasteiger partial charge in [0.15, 0.2) is 0 Å². The third-order valence-electron chi connectivity index (χ3n) is 6.91. The molecule has 174 valence electrons. The molecule has 0 radical (unpaired) electrons. The molecule has 8 aromatic rings. The first kappa shape index (κ1) is 20.0. The van der Waals surface area contributed by atoms with E-state index in [4.69, 9.17) is 9.72 Å². The summed E-state index contributed by atoms with van der Waals surface area (Å²) in [6.45, 7) is 0. The summed E-state index contributed by atoms with van der Waals surface area (Å²) in [5, 5.41) is 4.43. The molecule has 0 bridgehead atoms. The molecule has 0 spiro atoms. The smallest absolute Gasteiger partial charge is 0.219 e. The van der Waals surface area contributed by atoms with Crippen LogP contribution in [0.1, 0.15) is 0 Å². The lowest BCUT2D eigenvalue weighted by Crippen LogP contribution is -1.97. The van der Waals surface area contributed by atoms with E-state index in [-0.39, 0.29) is 0 Å². The van der Waals surface area contributed by atoms with Crippen molar-refractivity contribution in [2.75, 3.05) is 0 Å². The molecule has 8 rings (SSSR count). The second-order valence-electron chi connectivity index (χ2n) is 9.01. The van der Waals surface area contributed by atoms with E-state index >= 15 is 0 Å². The zero-order valence-electron chi connectivity index (χ0n) is 19.6. The number of ether oxygens (including phenoxy) is 1. The van der Waals surface area contributed by atoms with Gasteiger partial charge in [-0.05, 0) is 60.7 Å². The van der Waals surface area contributed by atoms with Gasteiger partial charge in [-0.15, -0.1) is 0 Å². The maximum absolute atomic E-state index is 6.35. The van der Waals surface area contributed by atoms with Gasteiger partial charge in [0.25, 0.3) is 0 Å². The Morgan fingerprint density at radius 1 is 0.595 bits per heavy atom. The van der Waals surface area contributed by atoms with E-state index in [0.29, 0.717) is 11.6 Å². The lowest BCUT2D eigenvalue weighted by atomic mass is 10.1. The van der Waals surface area contributed by atoms with Gasteiger partial charge >= 0.3 is 0 Å². The highest BCUT2D eigenvalue weighted by Crippen LogP contribution is 2.35. The van der Waals surface area contributed by atoms with Crippen molar-refractivity contribution in [1.82, 2.24) is 23.9 Å². The molecule has 6 nitrogen and oxygen atoms in total. The van der Waals surface area contributed by atoms with Crippen LogP contribution in [0, 0.1) is 0 Å². The normalized spacial score (nSPS) is 11.8. The fourth-order valence-corrected chi connectivity index (χ4v) is 5.34. The highest BCUT2D eigenvalue weighted by atomic mass is 16.5. The highest BCUT2D eigenvalue weighted by molar-refractivity contribution is 6.10. The van der Waals surface area contributed by atoms with Crippen LogP contribution >= 0.6 is 0 Å². The molecule has 0 aliphatic carbocycles. The molecule has 6 heteroatoms. The molecule has 6 heterocycles. The third kappa shape index (κ3) is 2.96. The molecule has 0 unspecified atom stereocenters. The van der Waals surface area contributed by atoms with E-state index in [0.717, 1.165) is 49.7 Å². The predicted octanol–water partition coefficient (Wildman–Crippen LogP) is 7.32. The fraction of sp³-hybridized carbons (Fsp3) is 0. The summed E-state index contributed by atoms with van der Waals surface area (Å²) in [5.41, 5.74) is 4.93. The molecule has 0 atom stereocenters. The summed E-state index contributed by atoms with van der Waals surface area (Å²) in [5.74, 6) is 2.12. The van der Waals surface area contributed by atoms with Crippen molar-refractivity contribution >= 4 is 49.3 Å². The van der Waals surface area contributed by atoms with E-state index < -0.39 is 0 Å². The molecule has 0 aliphatic heterocycles. The minimum absolute atomic E-state index is 0.540. The minimum Gasteiger partial charge on any atom is -0.439 e. The van der Waals surface area contributed by atoms with Crippen molar-refractivity contribution in [3.63, 3.8) is 0 Å². The van der Waals surface area contributed by atoms with E-state index in [1.807, 2.05) is 61.1 Å². The Hall–Kier alpha value is -5.23. The fourth-order valence-electron chi connectivity index (χ4n) is 5.34. The number of nitrogens with zero attached hydrogens (tertiary/aromatic N) is 5. The Kier molecular flexibility index (Phi) is 4.13. The van der Waals surface area contributed by atoms with Crippen LogP contribution in [0.15, 0.2) is 116 Å². The molecule has 2 aromatic carbocycles. The average Bonchev–Trinajstić information content (AvgIpc) is 3.57. The maximum Gasteiger partial charge on any atom is 0.219 e. The van der Waals surface area contributed by atoms with Crippen LogP contribution in [0.5, 0.6) is 11.6 Å². The first-order valence-electron chi connectivity index (χ1n) is 12.1. The standard InChI is InChI=1S/C31H19N5O/c1-2-9-25-21(7-1)22-13-12-20(19-27(22)36(25)28-11-3-4-16-32-28)37-29-15-14-23-24-8-5-17-33-31(24)35-18-6-10-26(35)30(23)34-29/h1-19H. The Bertz CT molecular complexity index is 2130. The van der Waals surface area contributed by atoms with Crippen molar-refractivity contribution < 1.29 is 4.74 Å². The number of hydrogen-bond donors (Lipinski definition) is 0. The number of para-hydroxylation sites is 1. The first-order chi connectivity index (χ1) is 18.3. The quantitative estimate of drug-likeness (QED) is 0.250. The number of hydrogen-bond acceptors (Lipinski definition) is 4. The first-order valence-corrected chi connectivity index (χ1v) is 12.1. The second kappa shape index (κ2) is 7.63. The van der Waals surface area contributed by atoms with E-state index in [1.165, 1.54) is 5.39 Å². The molecule has 0 amide bonds. The topological polar surface area (TPSA) is 57.2 Å². The van der Waals surface area contributed by atoms with Gasteiger partial charge in [0.2, 0.25) is 5.88 Å². The van der Waals surface area contributed by atoms with Gasteiger partial charge in [-0.2, -0.15) is 0 Å². The summed E-state index contributed by atoms with van der Waals surface area (Å²) in [6, 6.07) is 32.6. The second-order valence-corrected chi connectivity index (χ2v) is 9.01. The Morgan fingerprint density at radius 2 is 1.41 bits per heavy atom. The number of pyridine rings is 4.